The minimum Gasteiger partial charge on any atom is -0.468 e. The van der Waals surface area contributed by atoms with E-state index in [9.17, 15) is 19.2 Å². The lowest BCUT2D eigenvalue weighted by Gasteiger charge is -2.18. The highest BCUT2D eigenvalue weighted by Crippen LogP contribution is 1.92. The SMILES string of the molecule is CCOC(=O)NC(=O)CN(CC(=O)OC)CC(=O)OC. The summed E-state index contributed by atoms with van der Waals surface area (Å²) in [5, 5.41) is 1.95. The third kappa shape index (κ3) is 8.03. The summed E-state index contributed by atoms with van der Waals surface area (Å²) in [5.74, 6) is -1.97. The van der Waals surface area contributed by atoms with E-state index in [4.69, 9.17) is 0 Å². The number of esters is 2. The van der Waals surface area contributed by atoms with E-state index in [1.54, 1.807) is 6.92 Å². The Hall–Kier alpha value is -2.16. The molecule has 0 fully saturated rings. The molecule has 0 heterocycles. The molecule has 0 unspecified atom stereocenters. The van der Waals surface area contributed by atoms with Crippen LogP contribution in [0, 0.1) is 0 Å². The molecular formula is C11H18N2O7. The van der Waals surface area contributed by atoms with E-state index in [2.05, 4.69) is 14.2 Å². The van der Waals surface area contributed by atoms with Gasteiger partial charge in [0.05, 0.1) is 40.5 Å². The minimum atomic E-state index is -0.895. The second-order valence-electron chi connectivity index (χ2n) is 3.57. The number of nitrogens with zero attached hydrogens (tertiary/aromatic N) is 1. The molecule has 114 valence electrons. The molecule has 2 amide bonds. The van der Waals surface area contributed by atoms with Crippen LogP contribution in [0.1, 0.15) is 6.92 Å². The van der Waals surface area contributed by atoms with E-state index < -0.39 is 23.9 Å². The number of carbonyl (C=O) groups is 4. The molecule has 9 heteroatoms. The Bertz CT molecular complexity index is 352. The number of hydrogen-bond donors (Lipinski definition) is 1. The van der Waals surface area contributed by atoms with Gasteiger partial charge in [-0.25, -0.2) is 4.79 Å². The molecule has 0 radical (unpaired) electrons. The van der Waals surface area contributed by atoms with E-state index in [1.807, 2.05) is 5.32 Å². The van der Waals surface area contributed by atoms with Crippen LogP contribution in [0.15, 0.2) is 0 Å². The fraction of sp³-hybridized carbons (Fsp3) is 0.636. The van der Waals surface area contributed by atoms with Crippen molar-refractivity contribution in [2.45, 2.75) is 6.92 Å². The van der Waals surface area contributed by atoms with Crippen LogP contribution in [0.4, 0.5) is 4.79 Å². The Morgan fingerprint density at radius 1 is 0.950 bits per heavy atom. The normalized spacial score (nSPS) is 9.80. The standard InChI is InChI=1S/C11H18N2O7/c1-4-20-11(17)12-8(14)5-13(6-9(15)18-2)7-10(16)19-3/h4-7H2,1-3H3,(H,12,14,17). The van der Waals surface area contributed by atoms with Crippen LogP contribution in [0.3, 0.4) is 0 Å². The maximum Gasteiger partial charge on any atom is 0.413 e. The molecule has 1 N–H and O–H groups in total. The number of ether oxygens (including phenoxy) is 3. The van der Waals surface area contributed by atoms with Gasteiger partial charge in [0.15, 0.2) is 0 Å². The maximum absolute atomic E-state index is 11.5. The fourth-order valence-electron chi connectivity index (χ4n) is 1.19. The number of nitrogens with one attached hydrogen (secondary N) is 1. The van der Waals surface area contributed by atoms with Gasteiger partial charge >= 0.3 is 18.0 Å². The molecule has 0 aliphatic carbocycles. The highest BCUT2D eigenvalue weighted by Gasteiger charge is 2.19. The topological polar surface area (TPSA) is 111 Å². The smallest absolute Gasteiger partial charge is 0.413 e. The van der Waals surface area contributed by atoms with Crippen LogP contribution in [0.5, 0.6) is 0 Å². The number of carbonyl (C=O) groups excluding carboxylic acids is 4. The van der Waals surface area contributed by atoms with E-state index in [0.29, 0.717) is 0 Å². The van der Waals surface area contributed by atoms with Crippen LogP contribution in [-0.4, -0.2) is 69.3 Å². The number of hydrogen-bond acceptors (Lipinski definition) is 8. The molecule has 0 aliphatic rings. The molecule has 0 aliphatic heterocycles. The number of amides is 2. The molecular weight excluding hydrogens is 272 g/mol. The van der Waals surface area contributed by atoms with Crippen molar-refractivity contribution in [2.24, 2.45) is 0 Å². The van der Waals surface area contributed by atoms with E-state index in [1.165, 1.54) is 19.1 Å². The average molecular weight is 290 g/mol. The first-order chi connectivity index (χ1) is 9.42. The fourth-order valence-corrected chi connectivity index (χ4v) is 1.19. The highest BCUT2D eigenvalue weighted by atomic mass is 16.5. The third-order valence-electron chi connectivity index (χ3n) is 2.04. The van der Waals surface area contributed by atoms with Crippen molar-refractivity contribution in [3.05, 3.63) is 0 Å². The summed E-state index contributed by atoms with van der Waals surface area (Å²) >= 11 is 0. The van der Waals surface area contributed by atoms with Crippen molar-refractivity contribution in [3.63, 3.8) is 0 Å². The van der Waals surface area contributed by atoms with Crippen molar-refractivity contribution in [1.82, 2.24) is 10.2 Å². The predicted octanol–water partition coefficient (Wildman–Crippen LogP) is -1.09. The average Bonchev–Trinajstić information content (AvgIpc) is 2.38. The summed E-state index contributed by atoms with van der Waals surface area (Å²) in [4.78, 5) is 46.0. The van der Waals surface area contributed by atoms with Crippen molar-refractivity contribution >= 4 is 23.9 Å². The third-order valence-corrected chi connectivity index (χ3v) is 2.04. The van der Waals surface area contributed by atoms with E-state index >= 15 is 0 Å². The van der Waals surface area contributed by atoms with Crippen molar-refractivity contribution in [3.8, 4) is 0 Å². The van der Waals surface area contributed by atoms with Crippen LogP contribution >= 0.6 is 0 Å². The first kappa shape index (κ1) is 17.8. The first-order valence-electron chi connectivity index (χ1n) is 5.75. The first-order valence-corrected chi connectivity index (χ1v) is 5.75. The summed E-state index contributed by atoms with van der Waals surface area (Å²) in [6, 6.07) is 0. The summed E-state index contributed by atoms with van der Waals surface area (Å²) < 4.78 is 13.4. The van der Waals surface area contributed by atoms with E-state index in [-0.39, 0.29) is 26.2 Å². The minimum absolute atomic E-state index is 0.118. The molecule has 0 aromatic carbocycles. The molecule has 0 aromatic rings. The molecule has 0 saturated heterocycles. The number of rotatable bonds is 7. The van der Waals surface area contributed by atoms with Gasteiger partial charge in [0.2, 0.25) is 5.91 Å². The lowest BCUT2D eigenvalue weighted by molar-refractivity contribution is -0.145. The van der Waals surface area contributed by atoms with Crippen LogP contribution in [0.2, 0.25) is 0 Å². The van der Waals surface area contributed by atoms with Gasteiger partial charge < -0.3 is 14.2 Å². The van der Waals surface area contributed by atoms with Crippen molar-refractivity contribution in [2.75, 3.05) is 40.5 Å². The number of alkyl carbamates (subject to hydrolysis) is 1. The molecule has 20 heavy (non-hydrogen) atoms. The molecule has 0 atom stereocenters. The monoisotopic (exact) mass is 290 g/mol. The number of methoxy groups -OCH3 is 2. The molecule has 0 spiro atoms. The van der Waals surface area contributed by atoms with Gasteiger partial charge in [-0.2, -0.15) is 0 Å². The largest absolute Gasteiger partial charge is 0.468 e. The second kappa shape index (κ2) is 9.73. The zero-order chi connectivity index (χ0) is 15.5. The van der Waals surface area contributed by atoms with Gasteiger partial charge in [-0.3, -0.25) is 24.6 Å². The van der Waals surface area contributed by atoms with Gasteiger partial charge in [0, 0.05) is 0 Å². The predicted molar refractivity (Wildman–Crippen MR) is 65.6 cm³/mol. The second-order valence-corrected chi connectivity index (χ2v) is 3.57. The summed E-state index contributed by atoms with van der Waals surface area (Å²) in [6.45, 7) is 0.769. The zero-order valence-corrected chi connectivity index (χ0v) is 11.6. The van der Waals surface area contributed by atoms with Crippen LogP contribution in [-0.2, 0) is 28.6 Å². The molecule has 0 bridgehead atoms. The van der Waals surface area contributed by atoms with Crippen LogP contribution < -0.4 is 5.32 Å². The summed E-state index contributed by atoms with van der Waals surface area (Å²) in [5.41, 5.74) is 0. The zero-order valence-electron chi connectivity index (χ0n) is 11.6. The van der Waals surface area contributed by atoms with Crippen molar-refractivity contribution < 1.29 is 33.4 Å². The highest BCUT2D eigenvalue weighted by molar-refractivity contribution is 5.93. The Morgan fingerprint density at radius 2 is 1.45 bits per heavy atom. The van der Waals surface area contributed by atoms with Gasteiger partial charge in [0.25, 0.3) is 0 Å². The number of imide groups is 1. The van der Waals surface area contributed by atoms with Gasteiger partial charge in [-0.15, -0.1) is 0 Å². The Balaban J connectivity index is 4.46. The van der Waals surface area contributed by atoms with Gasteiger partial charge in [0.1, 0.15) is 0 Å². The Labute approximate surface area is 116 Å². The van der Waals surface area contributed by atoms with Crippen molar-refractivity contribution in [1.29, 1.82) is 0 Å². The molecule has 0 rings (SSSR count). The quantitative estimate of drug-likeness (QED) is 0.465. The van der Waals surface area contributed by atoms with Gasteiger partial charge in [-0.05, 0) is 6.92 Å². The maximum atomic E-state index is 11.5. The lowest BCUT2D eigenvalue weighted by Crippen LogP contribution is -2.44. The van der Waals surface area contributed by atoms with Crippen LogP contribution in [0.25, 0.3) is 0 Å². The molecule has 9 nitrogen and oxygen atoms in total. The van der Waals surface area contributed by atoms with Gasteiger partial charge in [-0.1, -0.05) is 0 Å². The summed E-state index contributed by atoms with van der Waals surface area (Å²) in [7, 11) is 2.36. The molecule has 0 aromatic heterocycles. The Morgan fingerprint density at radius 3 is 1.85 bits per heavy atom. The molecule has 0 saturated carbocycles. The van der Waals surface area contributed by atoms with E-state index in [0.717, 1.165) is 0 Å². The lowest BCUT2D eigenvalue weighted by atomic mass is 10.4. The Kier molecular flexibility index (Phi) is 8.68. The summed E-state index contributed by atoms with van der Waals surface area (Å²) in [6.07, 6.45) is -0.895.